The molecule has 0 heterocycles. The number of carbonyl (C=O) groups excluding carboxylic acids is 1. The van der Waals surface area contributed by atoms with Gasteiger partial charge in [-0.3, -0.25) is 9.10 Å². The summed E-state index contributed by atoms with van der Waals surface area (Å²) < 4.78 is 33.6. The van der Waals surface area contributed by atoms with Gasteiger partial charge in [0.2, 0.25) is 0 Å². The third-order valence-electron chi connectivity index (χ3n) is 5.51. The number of sulfonamides is 1. The Morgan fingerprint density at radius 3 is 2.34 bits per heavy atom. The number of rotatable bonds is 10. The van der Waals surface area contributed by atoms with Crippen LogP contribution in [-0.4, -0.2) is 27.1 Å². The van der Waals surface area contributed by atoms with E-state index >= 15 is 0 Å². The number of hydrogen-bond donors (Lipinski definition) is 1. The Morgan fingerprint density at radius 1 is 0.947 bits per heavy atom. The molecule has 0 aliphatic heterocycles. The number of ether oxygens (including phenoxy) is 1. The Bertz CT molecular complexity index is 1510. The lowest BCUT2D eigenvalue weighted by Gasteiger charge is -2.24. The van der Waals surface area contributed by atoms with Crippen LogP contribution in [0.1, 0.15) is 16.7 Å². The van der Waals surface area contributed by atoms with Crippen molar-refractivity contribution in [1.82, 2.24) is 5.43 Å². The molecular formula is C29H26ClN3O4S. The van der Waals surface area contributed by atoms with Gasteiger partial charge in [-0.2, -0.15) is 5.10 Å². The van der Waals surface area contributed by atoms with E-state index in [9.17, 15) is 13.2 Å². The van der Waals surface area contributed by atoms with Gasteiger partial charge >= 0.3 is 0 Å². The van der Waals surface area contributed by atoms with Crippen LogP contribution < -0.4 is 14.5 Å². The van der Waals surface area contributed by atoms with Crippen LogP contribution in [0.5, 0.6) is 5.75 Å². The van der Waals surface area contributed by atoms with Crippen LogP contribution in [0.4, 0.5) is 5.69 Å². The molecule has 4 rings (SSSR count). The van der Waals surface area contributed by atoms with Gasteiger partial charge in [-0.1, -0.05) is 54.1 Å². The summed E-state index contributed by atoms with van der Waals surface area (Å²) in [5.74, 6) is 0.103. The molecule has 0 aromatic heterocycles. The van der Waals surface area contributed by atoms with E-state index in [1.54, 1.807) is 60.7 Å². The molecule has 4 aromatic rings. The summed E-state index contributed by atoms with van der Waals surface area (Å²) in [6, 6.07) is 29.6. The zero-order valence-corrected chi connectivity index (χ0v) is 22.2. The standard InChI is InChI=1S/C29H26ClN3O4S/c1-22-6-5-7-26(18-22)33(38(35,36)28-8-3-2-4-9-28)20-29(34)32-31-19-23-12-16-27(17-13-23)37-21-24-10-14-25(30)15-11-24/h2-19H,20-21H2,1H3,(H,32,34)/b31-19-. The number of aryl methyl sites for hydroxylation is 1. The molecule has 0 fully saturated rings. The van der Waals surface area contributed by atoms with Crippen molar-refractivity contribution in [2.75, 3.05) is 10.8 Å². The monoisotopic (exact) mass is 547 g/mol. The number of carbonyl (C=O) groups is 1. The normalized spacial score (nSPS) is 11.3. The topological polar surface area (TPSA) is 88.1 Å². The maximum atomic E-state index is 13.4. The maximum absolute atomic E-state index is 13.4. The summed E-state index contributed by atoms with van der Waals surface area (Å²) in [5.41, 5.74) is 5.41. The molecule has 4 aromatic carbocycles. The minimum absolute atomic E-state index is 0.0937. The first kappa shape index (κ1) is 26.9. The molecule has 0 saturated heterocycles. The molecule has 0 spiro atoms. The first-order chi connectivity index (χ1) is 18.3. The Hall–Kier alpha value is -4.14. The molecule has 0 atom stereocenters. The van der Waals surface area contributed by atoms with Crippen LogP contribution in [-0.2, 0) is 21.4 Å². The number of nitrogens with one attached hydrogen (secondary N) is 1. The number of anilines is 1. The number of hydrogen-bond acceptors (Lipinski definition) is 5. The van der Waals surface area contributed by atoms with Gasteiger partial charge in [0.05, 0.1) is 16.8 Å². The summed E-state index contributed by atoms with van der Waals surface area (Å²) in [6.45, 7) is 1.83. The highest BCUT2D eigenvalue weighted by atomic mass is 35.5. The van der Waals surface area contributed by atoms with E-state index in [-0.39, 0.29) is 4.90 Å². The number of hydrazone groups is 1. The number of halogens is 1. The van der Waals surface area contributed by atoms with Gasteiger partial charge in [-0.05, 0) is 84.3 Å². The average Bonchev–Trinajstić information content (AvgIpc) is 2.92. The predicted octanol–water partition coefficient (Wildman–Crippen LogP) is 5.57. The van der Waals surface area contributed by atoms with E-state index in [0.717, 1.165) is 21.0 Å². The minimum atomic E-state index is -3.98. The van der Waals surface area contributed by atoms with Crippen molar-refractivity contribution >= 4 is 39.4 Å². The van der Waals surface area contributed by atoms with E-state index < -0.39 is 22.5 Å². The number of nitrogens with zero attached hydrogens (tertiary/aromatic N) is 2. The molecular weight excluding hydrogens is 522 g/mol. The summed E-state index contributed by atoms with van der Waals surface area (Å²) in [7, 11) is -3.98. The third kappa shape index (κ3) is 7.21. The molecule has 1 amide bonds. The second-order valence-corrected chi connectivity index (χ2v) is 10.7. The molecule has 38 heavy (non-hydrogen) atoms. The molecule has 7 nitrogen and oxygen atoms in total. The molecule has 0 saturated carbocycles. The Kier molecular flexibility index (Phi) is 8.78. The molecule has 0 aliphatic carbocycles. The van der Waals surface area contributed by atoms with Crippen molar-refractivity contribution in [3.8, 4) is 5.75 Å². The number of benzene rings is 4. The minimum Gasteiger partial charge on any atom is -0.489 e. The fraction of sp³-hybridized carbons (Fsp3) is 0.103. The van der Waals surface area contributed by atoms with Gasteiger partial charge in [-0.15, -0.1) is 0 Å². The van der Waals surface area contributed by atoms with Crippen LogP contribution in [0.15, 0.2) is 113 Å². The first-order valence-corrected chi connectivity index (χ1v) is 13.6. The van der Waals surface area contributed by atoms with Gasteiger partial charge in [-0.25, -0.2) is 13.8 Å². The molecule has 0 bridgehead atoms. The fourth-order valence-corrected chi connectivity index (χ4v) is 5.12. The average molecular weight is 548 g/mol. The van der Waals surface area contributed by atoms with Crippen molar-refractivity contribution in [3.05, 3.63) is 125 Å². The van der Waals surface area contributed by atoms with Gasteiger partial charge in [0.25, 0.3) is 15.9 Å². The predicted molar refractivity (Wildman–Crippen MR) is 150 cm³/mol. The molecule has 0 radical (unpaired) electrons. The van der Waals surface area contributed by atoms with E-state index in [4.69, 9.17) is 16.3 Å². The fourth-order valence-electron chi connectivity index (χ4n) is 3.56. The van der Waals surface area contributed by atoms with E-state index in [0.29, 0.717) is 23.1 Å². The van der Waals surface area contributed by atoms with Crippen LogP contribution in [0.3, 0.4) is 0 Å². The van der Waals surface area contributed by atoms with Crippen molar-refractivity contribution in [2.24, 2.45) is 5.10 Å². The Morgan fingerprint density at radius 2 is 1.66 bits per heavy atom. The second kappa shape index (κ2) is 12.4. The molecule has 1 N–H and O–H groups in total. The Labute approximate surface area is 227 Å². The van der Waals surface area contributed by atoms with Gasteiger partial charge in [0.1, 0.15) is 18.9 Å². The van der Waals surface area contributed by atoms with Crippen molar-refractivity contribution < 1.29 is 17.9 Å². The third-order valence-corrected chi connectivity index (χ3v) is 7.55. The quantitative estimate of drug-likeness (QED) is 0.207. The maximum Gasteiger partial charge on any atom is 0.264 e. The van der Waals surface area contributed by atoms with Crippen LogP contribution in [0, 0.1) is 6.92 Å². The van der Waals surface area contributed by atoms with Gasteiger partial charge in [0.15, 0.2) is 0 Å². The van der Waals surface area contributed by atoms with E-state index in [1.165, 1.54) is 18.3 Å². The Balaban J connectivity index is 1.39. The SMILES string of the molecule is Cc1cccc(N(CC(=O)N/N=C\c2ccc(OCc3ccc(Cl)cc3)cc2)S(=O)(=O)c2ccccc2)c1. The summed E-state index contributed by atoms with van der Waals surface area (Å²) >= 11 is 5.90. The van der Waals surface area contributed by atoms with Crippen molar-refractivity contribution in [1.29, 1.82) is 0 Å². The molecule has 0 aliphatic rings. The lowest BCUT2D eigenvalue weighted by Crippen LogP contribution is -2.39. The van der Waals surface area contributed by atoms with Crippen molar-refractivity contribution in [3.63, 3.8) is 0 Å². The smallest absolute Gasteiger partial charge is 0.264 e. The number of amides is 1. The second-order valence-electron chi connectivity index (χ2n) is 8.44. The lowest BCUT2D eigenvalue weighted by atomic mass is 10.2. The highest BCUT2D eigenvalue weighted by molar-refractivity contribution is 7.92. The van der Waals surface area contributed by atoms with E-state index in [2.05, 4.69) is 10.5 Å². The zero-order valence-electron chi connectivity index (χ0n) is 20.6. The van der Waals surface area contributed by atoms with Gasteiger partial charge in [0, 0.05) is 5.02 Å². The highest BCUT2D eigenvalue weighted by Crippen LogP contribution is 2.24. The van der Waals surface area contributed by atoms with Crippen LogP contribution in [0.25, 0.3) is 0 Å². The first-order valence-electron chi connectivity index (χ1n) is 11.7. The van der Waals surface area contributed by atoms with Crippen LogP contribution >= 0.6 is 11.6 Å². The van der Waals surface area contributed by atoms with Crippen molar-refractivity contribution in [2.45, 2.75) is 18.4 Å². The van der Waals surface area contributed by atoms with E-state index in [1.807, 2.05) is 37.3 Å². The summed E-state index contributed by atoms with van der Waals surface area (Å²) in [6.07, 6.45) is 1.48. The molecule has 194 valence electrons. The molecule has 9 heteroatoms. The largest absolute Gasteiger partial charge is 0.489 e. The van der Waals surface area contributed by atoms with Gasteiger partial charge < -0.3 is 4.74 Å². The lowest BCUT2D eigenvalue weighted by molar-refractivity contribution is -0.119. The summed E-state index contributed by atoms with van der Waals surface area (Å²) in [5, 5.41) is 4.66. The van der Waals surface area contributed by atoms with Crippen LogP contribution in [0.2, 0.25) is 5.02 Å². The highest BCUT2D eigenvalue weighted by Gasteiger charge is 2.27. The zero-order chi connectivity index (χ0) is 27.0. The molecule has 0 unspecified atom stereocenters. The summed E-state index contributed by atoms with van der Waals surface area (Å²) in [4.78, 5) is 12.8.